The summed E-state index contributed by atoms with van der Waals surface area (Å²) in [4.78, 5) is 37.8. The van der Waals surface area contributed by atoms with Crippen LogP contribution in [0.25, 0.3) is 0 Å². The van der Waals surface area contributed by atoms with Crippen molar-refractivity contribution in [1.29, 1.82) is 0 Å². The van der Waals surface area contributed by atoms with Gasteiger partial charge in [-0.15, -0.1) is 0 Å². The van der Waals surface area contributed by atoms with E-state index in [-0.39, 0.29) is 31.1 Å². The topological polar surface area (TPSA) is 78.9 Å². The Labute approximate surface area is 353 Å². The van der Waals surface area contributed by atoms with Crippen molar-refractivity contribution < 1.29 is 28.6 Å². The van der Waals surface area contributed by atoms with Crippen molar-refractivity contribution >= 4 is 17.9 Å². The van der Waals surface area contributed by atoms with Crippen molar-refractivity contribution in [1.82, 2.24) is 0 Å². The lowest BCUT2D eigenvalue weighted by molar-refractivity contribution is -0.167. The lowest BCUT2D eigenvalue weighted by Crippen LogP contribution is -2.30. The summed E-state index contributed by atoms with van der Waals surface area (Å²) in [6.45, 7) is 6.56. The first-order chi connectivity index (χ1) is 28.0. The molecule has 0 aromatic carbocycles. The van der Waals surface area contributed by atoms with Gasteiger partial charge in [0.2, 0.25) is 0 Å². The molecule has 57 heavy (non-hydrogen) atoms. The van der Waals surface area contributed by atoms with Crippen LogP contribution in [0.2, 0.25) is 0 Å². The molecule has 0 bridgehead atoms. The summed E-state index contributed by atoms with van der Waals surface area (Å²) < 4.78 is 16.7. The van der Waals surface area contributed by atoms with E-state index in [1.54, 1.807) is 0 Å². The molecule has 0 aromatic rings. The fourth-order valence-electron chi connectivity index (χ4n) is 6.86. The lowest BCUT2D eigenvalue weighted by Gasteiger charge is -2.18. The third-order valence-electron chi connectivity index (χ3n) is 10.6. The average Bonchev–Trinajstić information content (AvgIpc) is 3.21. The molecule has 0 aliphatic heterocycles. The van der Waals surface area contributed by atoms with Crippen LogP contribution in [-0.4, -0.2) is 37.2 Å². The summed E-state index contributed by atoms with van der Waals surface area (Å²) in [6.07, 6.45) is 52.6. The van der Waals surface area contributed by atoms with Crippen LogP contribution in [-0.2, 0) is 28.6 Å². The quantitative estimate of drug-likeness (QED) is 0.0264. The van der Waals surface area contributed by atoms with Gasteiger partial charge in [-0.25, -0.2) is 0 Å². The zero-order chi connectivity index (χ0) is 41.5. The molecule has 0 aliphatic carbocycles. The Balaban J connectivity index is 4.36. The van der Waals surface area contributed by atoms with E-state index in [1.165, 1.54) is 135 Å². The molecule has 6 heteroatoms. The minimum atomic E-state index is -0.774. The van der Waals surface area contributed by atoms with Crippen LogP contribution in [0.1, 0.15) is 252 Å². The van der Waals surface area contributed by atoms with Crippen molar-refractivity contribution in [2.24, 2.45) is 0 Å². The molecule has 0 fully saturated rings. The van der Waals surface area contributed by atoms with Crippen LogP contribution in [0.3, 0.4) is 0 Å². The summed E-state index contributed by atoms with van der Waals surface area (Å²) >= 11 is 0. The Kier molecular flexibility index (Phi) is 44.4. The molecule has 0 radical (unpaired) electrons. The van der Waals surface area contributed by atoms with Gasteiger partial charge in [0.25, 0.3) is 0 Å². The van der Waals surface area contributed by atoms with Gasteiger partial charge in [0.1, 0.15) is 13.2 Å². The highest BCUT2D eigenvalue weighted by Gasteiger charge is 2.19. The van der Waals surface area contributed by atoms with E-state index < -0.39 is 6.10 Å². The minimum Gasteiger partial charge on any atom is -0.462 e. The summed E-state index contributed by atoms with van der Waals surface area (Å²) in [7, 11) is 0. The van der Waals surface area contributed by atoms with Crippen LogP contribution >= 0.6 is 0 Å². The zero-order valence-corrected chi connectivity index (χ0v) is 37.9. The van der Waals surface area contributed by atoms with Crippen molar-refractivity contribution in [3.63, 3.8) is 0 Å². The first-order valence-corrected chi connectivity index (χ1v) is 24.5. The molecule has 0 saturated heterocycles. The van der Waals surface area contributed by atoms with Crippen molar-refractivity contribution in [2.75, 3.05) is 13.2 Å². The van der Waals surface area contributed by atoms with E-state index in [0.29, 0.717) is 19.3 Å². The van der Waals surface area contributed by atoms with Gasteiger partial charge in [0, 0.05) is 19.3 Å². The number of hydrogen-bond donors (Lipinski definition) is 0. The van der Waals surface area contributed by atoms with Gasteiger partial charge in [0.15, 0.2) is 6.10 Å². The number of carbonyl (C=O) groups excluding carboxylic acids is 3. The summed E-state index contributed by atoms with van der Waals surface area (Å²) in [5.41, 5.74) is 0. The number of carbonyl (C=O) groups is 3. The Morgan fingerprint density at radius 2 is 0.649 bits per heavy atom. The Morgan fingerprint density at radius 1 is 0.351 bits per heavy atom. The number of allylic oxidation sites excluding steroid dienone is 6. The Hall–Kier alpha value is -2.37. The summed E-state index contributed by atoms with van der Waals surface area (Å²) in [5, 5.41) is 0. The maximum absolute atomic E-state index is 12.8. The smallest absolute Gasteiger partial charge is 0.306 e. The first kappa shape index (κ1) is 54.6. The molecule has 0 aliphatic rings. The fourth-order valence-corrected chi connectivity index (χ4v) is 6.86. The van der Waals surface area contributed by atoms with Gasteiger partial charge < -0.3 is 14.2 Å². The van der Waals surface area contributed by atoms with Crippen LogP contribution in [0.4, 0.5) is 0 Å². The first-order valence-electron chi connectivity index (χ1n) is 24.5. The molecule has 332 valence electrons. The Bertz CT molecular complexity index is 969. The molecule has 1 atom stereocenters. The summed E-state index contributed by atoms with van der Waals surface area (Å²) in [6, 6.07) is 0. The SMILES string of the molecule is CCCC/C=C\CCCCCCCC(=O)OC[C@H](COC(=O)CCCCCCCCCCCCC)OC(=O)CCCCCCCCC/C=C\C/C=C\CCCCC. The van der Waals surface area contributed by atoms with Crippen LogP contribution in [0, 0.1) is 0 Å². The molecular weight excluding hydrogens is 709 g/mol. The molecule has 0 saturated carbocycles. The van der Waals surface area contributed by atoms with Crippen molar-refractivity contribution in [3.05, 3.63) is 36.5 Å². The third-order valence-corrected chi connectivity index (χ3v) is 10.6. The normalized spacial score (nSPS) is 12.3. The van der Waals surface area contributed by atoms with E-state index in [1.807, 2.05) is 0 Å². The Morgan fingerprint density at radius 3 is 1.07 bits per heavy atom. The average molecular weight is 801 g/mol. The predicted octanol–water partition coefficient (Wildman–Crippen LogP) is 15.8. The monoisotopic (exact) mass is 801 g/mol. The molecule has 0 heterocycles. The largest absolute Gasteiger partial charge is 0.462 e. The number of ether oxygens (including phenoxy) is 3. The van der Waals surface area contributed by atoms with Gasteiger partial charge in [-0.1, -0.05) is 198 Å². The maximum Gasteiger partial charge on any atom is 0.306 e. The molecule has 6 nitrogen and oxygen atoms in total. The zero-order valence-electron chi connectivity index (χ0n) is 37.9. The molecule has 0 rings (SSSR count). The molecular formula is C51H92O6. The molecule has 0 aromatic heterocycles. The standard InChI is InChI=1S/C51H92O6/c1-4-7-10-13-16-19-22-23-24-25-26-27-30-33-36-39-42-45-51(54)57-48(46-55-49(52)43-40-37-34-31-28-20-17-14-11-8-5-2)47-56-50(53)44-41-38-35-32-29-21-18-15-12-9-6-3/h14,16-17,19,23-24,48H,4-13,15,18,20-22,25-47H2,1-3H3/b17-14-,19-16-,24-23-/t48-/m1/s1. The summed E-state index contributed by atoms with van der Waals surface area (Å²) in [5.74, 6) is -0.889. The van der Waals surface area contributed by atoms with Gasteiger partial charge >= 0.3 is 17.9 Å². The van der Waals surface area contributed by atoms with Crippen LogP contribution in [0.5, 0.6) is 0 Å². The molecule has 0 spiro atoms. The third kappa shape index (κ3) is 44.6. The van der Waals surface area contributed by atoms with Crippen LogP contribution < -0.4 is 0 Å². The fraction of sp³-hybridized carbons (Fsp3) is 0.824. The molecule has 0 unspecified atom stereocenters. The molecule has 0 amide bonds. The van der Waals surface area contributed by atoms with Gasteiger partial charge in [-0.05, 0) is 70.6 Å². The number of unbranched alkanes of at least 4 members (excludes halogenated alkanes) is 27. The van der Waals surface area contributed by atoms with Crippen molar-refractivity contribution in [2.45, 2.75) is 258 Å². The van der Waals surface area contributed by atoms with Gasteiger partial charge in [-0.3, -0.25) is 14.4 Å². The number of rotatable bonds is 44. The van der Waals surface area contributed by atoms with Crippen LogP contribution in [0.15, 0.2) is 36.5 Å². The maximum atomic E-state index is 12.8. The second kappa shape index (κ2) is 46.3. The van der Waals surface area contributed by atoms with E-state index in [4.69, 9.17) is 14.2 Å². The lowest BCUT2D eigenvalue weighted by atomic mass is 10.1. The van der Waals surface area contributed by atoms with E-state index in [0.717, 1.165) is 77.0 Å². The second-order valence-corrected chi connectivity index (χ2v) is 16.4. The minimum absolute atomic E-state index is 0.0757. The van der Waals surface area contributed by atoms with Gasteiger partial charge in [-0.2, -0.15) is 0 Å². The highest BCUT2D eigenvalue weighted by molar-refractivity contribution is 5.71. The highest BCUT2D eigenvalue weighted by Crippen LogP contribution is 2.15. The van der Waals surface area contributed by atoms with E-state index in [9.17, 15) is 14.4 Å². The highest BCUT2D eigenvalue weighted by atomic mass is 16.6. The number of hydrogen-bond acceptors (Lipinski definition) is 6. The second-order valence-electron chi connectivity index (χ2n) is 16.4. The van der Waals surface area contributed by atoms with E-state index in [2.05, 4.69) is 57.2 Å². The number of esters is 3. The van der Waals surface area contributed by atoms with Crippen molar-refractivity contribution in [3.8, 4) is 0 Å². The van der Waals surface area contributed by atoms with Gasteiger partial charge in [0.05, 0.1) is 0 Å². The van der Waals surface area contributed by atoms with E-state index >= 15 is 0 Å². The molecule has 0 N–H and O–H groups in total. The predicted molar refractivity (Wildman–Crippen MR) is 242 cm³/mol.